The smallest absolute Gasteiger partial charge is 0.267 e. The Balaban J connectivity index is 1.08. The van der Waals surface area contributed by atoms with Gasteiger partial charge in [0.25, 0.3) is 5.56 Å². The lowest BCUT2D eigenvalue weighted by molar-refractivity contribution is 0.0431. The van der Waals surface area contributed by atoms with E-state index in [2.05, 4.69) is 25.9 Å². The maximum Gasteiger partial charge on any atom is 0.267 e. The van der Waals surface area contributed by atoms with E-state index < -0.39 is 0 Å². The minimum atomic E-state index is -0.371. The Bertz CT molecular complexity index is 1770. The van der Waals surface area contributed by atoms with Crippen molar-refractivity contribution >= 4 is 40.1 Å². The normalized spacial score (nSPS) is 17.6. The molecule has 5 aromatic rings. The second-order valence-electron chi connectivity index (χ2n) is 10.0. The number of fused-ring (bicyclic) bond motifs is 2. The zero-order valence-electron chi connectivity index (χ0n) is 21.4. The molecule has 200 valence electrons. The third-order valence-corrected chi connectivity index (χ3v) is 9.25. The van der Waals surface area contributed by atoms with E-state index in [-0.39, 0.29) is 17.2 Å². The van der Waals surface area contributed by atoms with Crippen molar-refractivity contribution in [1.82, 2.24) is 19.5 Å². The average Bonchev–Trinajstić information content (AvgIpc) is 3.26. The maximum absolute atomic E-state index is 13.3. The molecule has 0 saturated carbocycles. The Kier molecular flexibility index (Phi) is 6.22. The fourth-order valence-corrected chi connectivity index (χ4v) is 6.68. The molecule has 1 saturated heterocycles. The molecule has 40 heavy (non-hydrogen) atoms. The number of anilines is 1. The van der Waals surface area contributed by atoms with Crippen LogP contribution < -0.4 is 20.9 Å². The van der Waals surface area contributed by atoms with Gasteiger partial charge in [-0.15, -0.1) is 0 Å². The molecule has 2 aromatic heterocycles. The Morgan fingerprint density at radius 2 is 1.73 bits per heavy atom. The van der Waals surface area contributed by atoms with Crippen molar-refractivity contribution in [2.24, 2.45) is 5.73 Å². The van der Waals surface area contributed by atoms with E-state index in [9.17, 15) is 4.79 Å². The molecule has 7 rings (SSSR count). The van der Waals surface area contributed by atoms with Crippen molar-refractivity contribution in [1.29, 1.82) is 0 Å². The van der Waals surface area contributed by atoms with Crippen LogP contribution in [0.1, 0.15) is 24.4 Å². The van der Waals surface area contributed by atoms with Crippen LogP contribution in [0.4, 0.5) is 5.82 Å². The number of rotatable bonds is 4. The first-order valence-electron chi connectivity index (χ1n) is 13.1. The van der Waals surface area contributed by atoms with Crippen molar-refractivity contribution in [2.75, 3.05) is 18.0 Å². The number of para-hydroxylation sites is 2. The van der Waals surface area contributed by atoms with Gasteiger partial charge in [0.1, 0.15) is 28.5 Å². The van der Waals surface area contributed by atoms with E-state index >= 15 is 0 Å². The van der Waals surface area contributed by atoms with E-state index in [1.807, 2.05) is 54.6 Å². The van der Waals surface area contributed by atoms with Crippen LogP contribution in [-0.4, -0.2) is 38.2 Å². The Labute approximate surface area is 239 Å². The molecule has 1 spiro atoms. The Morgan fingerprint density at radius 1 is 0.950 bits per heavy atom. The maximum atomic E-state index is 13.3. The minimum Gasteiger partial charge on any atom is -0.485 e. The molecule has 3 aromatic carbocycles. The first-order chi connectivity index (χ1) is 19.5. The number of ether oxygens (including phenoxy) is 1. The van der Waals surface area contributed by atoms with Crippen molar-refractivity contribution in [3.63, 3.8) is 0 Å². The van der Waals surface area contributed by atoms with E-state index in [4.69, 9.17) is 22.1 Å². The number of hydrogen-bond donors (Lipinski definition) is 1. The zero-order chi connectivity index (χ0) is 27.3. The second-order valence-corrected chi connectivity index (χ2v) is 11.5. The quantitative estimate of drug-likeness (QED) is 0.307. The van der Waals surface area contributed by atoms with Crippen LogP contribution in [-0.2, 0) is 0 Å². The molecule has 2 N–H and O–H groups in total. The van der Waals surface area contributed by atoms with Crippen molar-refractivity contribution < 1.29 is 4.74 Å². The highest BCUT2D eigenvalue weighted by Gasteiger charge is 2.48. The summed E-state index contributed by atoms with van der Waals surface area (Å²) < 4.78 is 7.87. The number of benzene rings is 3. The fourth-order valence-electron chi connectivity index (χ4n) is 5.56. The van der Waals surface area contributed by atoms with Gasteiger partial charge >= 0.3 is 0 Å². The van der Waals surface area contributed by atoms with E-state index in [1.165, 1.54) is 22.7 Å². The van der Waals surface area contributed by atoms with E-state index in [0.29, 0.717) is 25.8 Å². The van der Waals surface area contributed by atoms with Gasteiger partial charge in [-0.25, -0.2) is 15.0 Å². The van der Waals surface area contributed by atoms with Gasteiger partial charge in [0, 0.05) is 36.4 Å². The van der Waals surface area contributed by atoms with Crippen LogP contribution in [0.3, 0.4) is 0 Å². The highest BCUT2D eigenvalue weighted by molar-refractivity contribution is 7.99. The molecule has 0 radical (unpaired) electrons. The van der Waals surface area contributed by atoms with Crippen LogP contribution in [0.2, 0.25) is 5.02 Å². The second kappa shape index (κ2) is 9.92. The molecule has 0 amide bonds. The summed E-state index contributed by atoms with van der Waals surface area (Å²) in [5.74, 6) is 1.70. The standard InChI is InChI=1S/C30H25ClN6O2S/c31-27-23(11-10-21-26(27)29(38)37(18-35-21)19-6-2-1-3-7-19)40-25-17-33-24(16-34-25)36-14-12-30(13-15-36)28(32)20-8-4-5-9-22(20)39-30/h1-11,16-18,28H,12-15,32H2/t28-/m1/s1. The average molecular weight is 569 g/mol. The largest absolute Gasteiger partial charge is 0.485 e. The van der Waals surface area contributed by atoms with Gasteiger partial charge in [0.2, 0.25) is 0 Å². The summed E-state index contributed by atoms with van der Waals surface area (Å²) in [6, 6.07) is 20.9. The van der Waals surface area contributed by atoms with E-state index in [1.54, 1.807) is 18.5 Å². The summed E-state index contributed by atoms with van der Waals surface area (Å²) in [5, 5.41) is 1.41. The molecule has 0 aliphatic carbocycles. The lowest BCUT2D eigenvalue weighted by Gasteiger charge is -2.41. The molecule has 2 aliphatic rings. The molecule has 2 aliphatic heterocycles. The molecule has 8 nitrogen and oxygen atoms in total. The number of halogens is 1. The van der Waals surface area contributed by atoms with Crippen molar-refractivity contribution in [2.45, 2.75) is 34.4 Å². The monoisotopic (exact) mass is 568 g/mol. The number of nitrogens with two attached hydrogens (primary N) is 1. The SMILES string of the molecule is N[C@@H]1c2ccccc2OC12CCN(c1cnc(Sc3ccc4ncn(-c5ccccc5)c(=O)c4c3Cl)cn1)CC2. The van der Waals surface area contributed by atoms with Crippen molar-refractivity contribution in [3.8, 4) is 11.4 Å². The molecular formula is C30H25ClN6O2S. The summed E-state index contributed by atoms with van der Waals surface area (Å²) in [7, 11) is 0. The molecule has 10 heteroatoms. The van der Waals surface area contributed by atoms with Gasteiger partial charge in [-0.3, -0.25) is 9.36 Å². The van der Waals surface area contributed by atoms with Gasteiger partial charge in [0.05, 0.1) is 40.0 Å². The van der Waals surface area contributed by atoms with Gasteiger partial charge in [-0.05, 0) is 30.3 Å². The third kappa shape index (κ3) is 4.21. The van der Waals surface area contributed by atoms with Crippen LogP contribution in [0.15, 0.2) is 100 Å². The molecular weight excluding hydrogens is 544 g/mol. The number of piperidine rings is 1. The Hall–Kier alpha value is -3.92. The summed E-state index contributed by atoms with van der Waals surface area (Å²) in [5.41, 5.74) is 8.38. The summed E-state index contributed by atoms with van der Waals surface area (Å²) in [6.07, 6.45) is 6.67. The first kappa shape index (κ1) is 25.1. The van der Waals surface area contributed by atoms with Crippen LogP contribution in [0, 0.1) is 0 Å². The van der Waals surface area contributed by atoms with Crippen LogP contribution in [0.25, 0.3) is 16.6 Å². The molecule has 4 heterocycles. The predicted octanol–water partition coefficient (Wildman–Crippen LogP) is 5.41. The summed E-state index contributed by atoms with van der Waals surface area (Å²) in [6.45, 7) is 1.56. The highest BCUT2D eigenvalue weighted by atomic mass is 35.5. The lowest BCUT2D eigenvalue weighted by atomic mass is 9.83. The number of aromatic nitrogens is 4. The number of nitrogens with zero attached hydrogens (tertiary/aromatic N) is 5. The number of hydrogen-bond acceptors (Lipinski definition) is 8. The highest BCUT2D eigenvalue weighted by Crippen LogP contribution is 2.47. The molecule has 1 fully saturated rings. The summed E-state index contributed by atoms with van der Waals surface area (Å²) in [4.78, 5) is 30.0. The molecule has 0 bridgehead atoms. The molecule has 0 unspecified atom stereocenters. The fraction of sp³-hybridized carbons (Fsp3) is 0.200. The van der Waals surface area contributed by atoms with Gasteiger partial charge in [0.15, 0.2) is 0 Å². The Morgan fingerprint density at radius 3 is 2.48 bits per heavy atom. The minimum absolute atomic E-state index is 0.130. The lowest BCUT2D eigenvalue weighted by Crippen LogP contribution is -2.51. The topological polar surface area (TPSA) is 99.2 Å². The van der Waals surface area contributed by atoms with Crippen molar-refractivity contribution in [3.05, 3.63) is 106 Å². The zero-order valence-corrected chi connectivity index (χ0v) is 23.0. The first-order valence-corrected chi connectivity index (χ1v) is 14.3. The third-order valence-electron chi connectivity index (χ3n) is 7.76. The van der Waals surface area contributed by atoms with Crippen LogP contribution >= 0.6 is 23.4 Å². The van der Waals surface area contributed by atoms with Gasteiger partial charge in [-0.2, -0.15) is 0 Å². The molecule has 1 atom stereocenters. The van der Waals surface area contributed by atoms with Gasteiger partial charge in [-0.1, -0.05) is 59.8 Å². The van der Waals surface area contributed by atoms with Crippen LogP contribution in [0.5, 0.6) is 5.75 Å². The van der Waals surface area contributed by atoms with E-state index in [0.717, 1.165) is 48.7 Å². The predicted molar refractivity (Wildman–Crippen MR) is 157 cm³/mol. The summed E-state index contributed by atoms with van der Waals surface area (Å²) >= 11 is 8.13. The van der Waals surface area contributed by atoms with Gasteiger partial charge < -0.3 is 15.4 Å².